The maximum atomic E-state index is 5.90. The topological polar surface area (TPSA) is 104 Å². The van der Waals surface area contributed by atoms with Gasteiger partial charge in [-0.3, -0.25) is 4.98 Å². The lowest BCUT2D eigenvalue weighted by Crippen LogP contribution is -2.16. The fourth-order valence-corrected chi connectivity index (χ4v) is 1.49. The maximum absolute atomic E-state index is 5.90. The van der Waals surface area contributed by atoms with E-state index in [2.05, 4.69) is 15.2 Å². The van der Waals surface area contributed by atoms with Gasteiger partial charge in [0.05, 0.1) is 11.3 Å². The highest BCUT2D eigenvalue weighted by Gasteiger charge is 2.09. The zero-order valence-corrected chi connectivity index (χ0v) is 9.63. The molecule has 2 rings (SSSR count). The molecule has 90 valence electrons. The summed E-state index contributed by atoms with van der Waals surface area (Å²) in [5.41, 5.74) is 13.0. The molecule has 17 heavy (non-hydrogen) atoms. The lowest BCUT2D eigenvalue weighted by atomic mass is 10.1. The quantitative estimate of drug-likeness (QED) is 0.809. The van der Waals surface area contributed by atoms with E-state index in [9.17, 15) is 0 Å². The molecule has 0 aliphatic rings. The van der Waals surface area contributed by atoms with Crippen LogP contribution in [0.2, 0.25) is 0 Å². The average molecular weight is 233 g/mol. The first-order valence-corrected chi connectivity index (χ1v) is 5.43. The Morgan fingerprint density at radius 2 is 2.18 bits per heavy atom. The summed E-state index contributed by atoms with van der Waals surface area (Å²) in [6.45, 7) is 2.29. The van der Waals surface area contributed by atoms with Crippen LogP contribution in [-0.2, 0) is 0 Å². The van der Waals surface area contributed by atoms with Gasteiger partial charge in [-0.25, -0.2) is 0 Å². The third kappa shape index (κ3) is 2.66. The Morgan fingerprint density at radius 3 is 2.71 bits per heavy atom. The highest BCUT2D eigenvalue weighted by atomic mass is 16.4. The summed E-state index contributed by atoms with van der Waals surface area (Å²) >= 11 is 0. The smallest absolute Gasteiger partial charge is 0.249 e. The van der Waals surface area contributed by atoms with E-state index in [1.807, 2.05) is 12.1 Å². The molecule has 2 aromatic heterocycles. The number of hydrogen-bond acceptors (Lipinski definition) is 6. The van der Waals surface area contributed by atoms with Crippen LogP contribution in [0.4, 0.5) is 0 Å². The fraction of sp³-hybridized carbons (Fsp3) is 0.364. The van der Waals surface area contributed by atoms with Crippen LogP contribution in [0.3, 0.4) is 0 Å². The first-order chi connectivity index (χ1) is 8.20. The second kappa shape index (κ2) is 5.03. The van der Waals surface area contributed by atoms with Gasteiger partial charge in [0.1, 0.15) is 0 Å². The van der Waals surface area contributed by atoms with Gasteiger partial charge < -0.3 is 15.9 Å². The van der Waals surface area contributed by atoms with E-state index in [1.165, 1.54) is 0 Å². The summed E-state index contributed by atoms with van der Waals surface area (Å²) in [6, 6.07) is 3.60. The van der Waals surface area contributed by atoms with Gasteiger partial charge in [0.2, 0.25) is 11.8 Å². The van der Waals surface area contributed by atoms with Crippen LogP contribution in [0.15, 0.2) is 22.7 Å². The minimum atomic E-state index is -0.126. The van der Waals surface area contributed by atoms with E-state index in [4.69, 9.17) is 15.9 Å². The summed E-state index contributed by atoms with van der Waals surface area (Å²) in [4.78, 5) is 4.27. The number of aromatic nitrogens is 3. The third-order valence-electron chi connectivity index (χ3n) is 2.42. The third-order valence-corrected chi connectivity index (χ3v) is 2.42. The van der Waals surface area contributed by atoms with Gasteiger partial charge in [0.15, 0.2) is 0 Å². The molecule has 1 unspecified atom stereocenters. The predicted octanol–water partition coefficient (Wildman–Crippen LogP) is 0.789. The zero-order valence-electron chi connectivity index (χ0n) is 9.63. The number of aryl methyl sites for hydroxylation is 1. The molecule has 0 saturated carbocycles. The number of nitrogens with zero attached hydrogens (tertiary/aromatic N) is 3. The number of hydrogen-bond donors (Lipinski definition) is 2. The van der Waals surface area contributed by atoms with E-state index in [-0.39, 0.29) is 6.04 Å². The minimum absolute atomic E-state index is 0.126. The van der Waals surface area contributed by atoms with Crippen molar-refractivity contribution in [2.75, 3.05) is 6.54 Å². The normalized spacial score (nSPS) is 12.6. The van der Waals surface area contributed by atoms with Crippen molar-refractivity contribution in [3.8, 4) is 11.5 Å². The SMILES string of the molecule is Cc1nnc(-c2ccc(C(N)CCN)nc2)o1. The molecule has 0 aliphatic carbocycles. The molecule has 1 atom stereocenters. The highest BCUT2D eigenvalue weighted by Crippen LogP contribution is 2.18. The second-order valence-electron chi connectivity index (χ2n) is 3.78. The van der Waals surface area contributed by atoms with Crippen molar-refractivity contribution >= 4 is 0 Å². The monoisotopic (exact) mass is 233 g/mol. The molecule has 0 radical (unpaired) electrons. The standard InChI is InChI=1S/C11H15N5O/c1-7-15-16-11(17-7)8-2-3-10(14-6-8)9(13)4-5-12/h2-3,6,9H,4-5,12-13H2,1H3. The van der Waals surface area contributed by atoms with Crippen molar-refractivity contribution in [1.29, 1.82) is 0 Å². The minimum Gasteiger partial charge on any atom is -0.421 e. The summed E-state index contributed by atoms with van der Waals surface area (Å²) in [7, 11) is 0. The molecule has 6 nitrogen and oxygen atoms in total. The van der Waals surface area contributed by atoms with E-state index >= 15 is 0 Å². The number of rotatable bonds is 4. The van der Waals surface area contributed by atoms with Gasteiger partial charge in [-0.05, 0) is 25.1 Å². The Labute approximate surface area is 99.0 Å². The van der Waals surface area contributed by atoms with Gasteiger partial charge >= 0.3 is 0 Å². The Hall–Kier alpha value is -1.79. The molecule has 0 aromatic carbocycles. The Morgan fingerprint density at radius 1 is 1.35 bits per heavy atom. The molecule has 6 heteroatoms. The van der Waals surface area contributed by atoms with Crippen molar-refractivity contribution in [3.63, 3.8) is 0 Å². The molecule has 0 amide bonds. The van der Waals surface area contributed by atoms with E-state index in [0.29, 0.717) is 24.7 Å². The first-order valence-electron chi connectivity index (χ1n) is 5.43. The average Bonchev–Trinajstić information content (AvgIpc) is 2.76. The highest BCUT2D eigenvalue weighted by molar-refractivity contribution is 5.50. The van der Waals surface area contributed by atoms with Crippen molar-refractivity contribution < 1.29 is 4.42 Å². The summed E-state index contributed by atoms with van der Waals surface area (Å²) < 4.78 is 5.30. The zero-order chi connectivity index (χ0) is 12.3. The van der Waals surface area contributed by atoms with Crippen molar-refractivity contribution in [2.45, 2.75) is 19.4 Å². The lowest BCUT2D eigenvalue weighted by molar-refractivity contribution is 0.532. The molecule has 4 N–H and O–H groups in total. The van der Waals surface area contributed by atoms with Crippen LogP contribution in [0.1, 0.15) is 24.0 Å². The Kier molecular flexibility index (Phi) is 3.46. The number of pyridine rings is 1. The van der Waals surface area contributed by atoms with Crippen LogP contribution in [0.25, 0.3) is 11.5 Å². The number of nitrogens with two attached hydrogens (primary N) is 2. The Bertz CT molecular complexity index is 479. The van der Waals surface area contributed by atoms with E-state index < -0.39 is 0 Å². The molecule has 0 bridgehead atoms. The molecule has 0 saturated heterocycles. The maximum Gasteiger partial charge on any atom is 0.249 e. The van der Waals surface area contributed by atoms with Crippen LogP contribution < -0.4 is 11.5 Å². The van der Waals surface area contributed by atoms with Crippen molar-refractivity contribution in [3.05, 3.63) is 29.9 Å². The molecule has 0 aliphatic heterocycles. The van der Waals surface area contributed by atoms with Gasteiger partial charge in [-0.15, -0.1) is 10.2 Å². The summed E-state index contributed by atoms with van der Waals surface area (Å²) in [6.07, 6.45) is 2.39. The van der Waals surface area contributed by atoms with E-state index in [1.54, 1.807) is 13.1 Å². The van der Waals surface area contributed by atoms with Crippen molar-refractivity contribution in [2.24, 2.45) is 11.5 Å². The van der Waals surface area contributed by atoms with E-state index in [0.717, 1.165) is 11.3 Å². The van der Waals surface area contributed by atoms with Crippen LogP contribution in [-0.4, -0.2) is 21.7 Å². The van der Waals surface area contributed by atoms with Gasteiger partial charge in [0.25, 0.3) is 0 Å². The lowest BCUT2D eigenvalue weighted by Gasteiger charge is -2.09. The van der Waals surface area contributed by atoms with Gasteiger partial charge in [-0.1, -0.05) is 0 Å². The summed E-state index contributed by atoms with van der Waals surface area (Å²) in [5.74, 6) is 0.998. The second-order valence-corrected chi connectivity index (χ2v) is 3.78. The summed E-state index contributed by atoms with van der Waals surface area (Å²) in [5, 5.41) is 7.68. The van der Waals surface area contributed by atoms with Gasteiger partial charge in [0, 0.05) is 19.2 Å². The first kappa shape index (κ1) is 11.7. The molecule has 2 aromatic rings. The van der Waals surface area contributed by atoms with Crippen LogP contribution in [0.5, 0.6) is 0 Å². The van der Waals surface area contributed by atoms with Crippen molar-refractivity contribution in [1.82, 2.24) is 15.2 Å². The molecular weight excluding hydrogens is 218 g/mol. The predicted molar refractivity (Wildman–Crippen MR) is 62.9 cm³/mol. The van der Waals surface area contributed by atoms with Gasteiger partial charge in [-0.2, -0.15) is 0 Å². The van der Waals surface area contributed by atoms with Crippen LogP contribution in [0, 0.1) is 6.92 Å². The molecule has 0 fully saturated rings. The molecule has 2 heterocycles. The largest absolute Gasteiger partial charge is 0.421 e. The van der Waals surface area contributed by atoms with Crippen LogP contribution >= 0.6 is 0 Å². The fourth-order valence-electron chi connectivity index (χ4n) is 1.49. The Balaban J connectivity index is 2.18. The molecule has 0 spiro atoms. The molecular formula is C11H15N5O.